The lowest BCUT2D eigenvalue weighted by Gasteiger charge is -2.30. The van der Waals surface area contributed by atoms with Gasteiger partial charge in [0, 0.05) is 27.7 Å². The van der Waals surface area contributed by atoms with E-state index in [1.807, 2.05) is 6.07 Å². The third kappa shape index (κ3) is 6.04. The third-order valence-corrected chi connectivity index (χ3v) is 12.5. The lowest BCUT2D eigenvalue weighted by molar-refractivity contribution is 0.669. The molecule has 0 aliphatic rings. The number of para-hydroxylation sites is 1. The predicted molar refractivity (Wildman–Crippen MR) is 263 cm³/mol. The minimum Gasteiger partial charge on any atom is -0.456 e. The first-order valence-corrected chi connectivity index (χ1v) is 21.2. The summed E-state index contributed by atoms with van der Waals surface area (Å²) in [4.78, 5) is 2.43. The lowest BCUT2D eigenvalue weighted by atomic mass is 9.87. The SMILES string of the molecule is c1ccc(-c2ccc(N(c3ccc(-c4cccc5ccccc45)cc3)c3cccc(-c4ccc5c(c4)oc4ccccc45)c3-c3cc4ccccc4c4ccccc34)cc2)cc1. The molecule has 0 aliphatic carbocycles. The van der Waals surface area contributed by atoms with E-state index >= 15 is 0 Å². The maximum atomic E-state index is 6.52. The smallest absolute Gasteiger partial charge is 0.136 e. The van der Waals surface area contributed by atoms with Gasteiger partial charge in [-0.05, 0) is 126 Å². The van der Waals surface area contributed by atoms with Crippen molar-refractivity contribution in [1.29, 1.82) is 0 Å². The van der Waals surface area contributed by atoms with Crippen LogP contribution in [0.5, 0.6) is 0 Å². The van der Waals surface area contributed by atoms with E-state index < -0.39 is 0 Å². The van der Waals surface area contributed by atoms with Crippen molar-refractivity contribution in [2.24, 2.45) is 0 Å². The van der Waals surface area contributed by atoms with Crippen molar-refractivity contribution in [1.82, 2.24) is 0 Å². The Labute approximate surface area is 360 Å². The minimum atomic E-state index is 0.876. The van der Waals surface area contributed by atoms with Gasteiger partial charge < -0.3 is 9.32 Å². The summed E-state index contributed by atoms with van der Waals surface area (Å²) in [6.45, 7) is 0. The molecule has 0 spiro atoms. The van der Waals surface area contributed by atoms with Gasteiger partial charge in [0.25, 0.3) is 0 Å². The summed E-state index contributed by atoms with van der Waals surface area (Å²) in [6.07, 6.45) is 0. The van der Waals surface area contributed by atoms with Crippen LogP contribution < -0.4 is 4.90 Å². The van der Waals surface area contributed by atoms with Crippen molar-refractivity contribution < 1.29 is 4.42 Å². The average Bonchev–Trinajstić information content (AvgIpc) is 3.72. The molecule has 0 radical (unpaired) electrons. The Morgan fingerprint density at radius 3 is 1.61 bits per heavy atom. The number of nitrogens with zero attached hydrogens (tertiary/aromatic N) is 1. The highest BCUT2D eigenvalue weighted by Crippen LogP contribution is 2.49. The first-order valence-electron chi connectivity index (χ1n) is 21.2. The van der Waals surface area contributed by atoms with Gasteiger partial charge in [-0.15, -0.1) is 0 Å². The Hall–Kier alpha value is -8.20. The van der Waals surface area contributed by atoms with E-state index in [2.05, 4.69) is 235 Å². The molecule has 1 aromatic heterocycles. The highest BCUT2D eigenvalue weighted by atomic mass is 16.3. The second-order valence-corrected chi connectivity index (χ2v) is 16.0. The fourth-order valence-corrected chi connectivity index (χ4v) is 9.53. The van der Waals surface area contributed by atoms with Gasteiger partial charge in [0.1, 0.15) is 11.2 Å². The molecule has 11 aromatic carbocycles. The third-order valence-electron chi connectivity index (χ3n) is 12.5. The van der Waals surface area contributed by atoms with E-state index in [0.29, 0.717) is 0 Å². The van der Waals surface area contributed by atoms with Crippen molar-refractivity contribution in [3.8, 4) is 44.5 Å². The minimum absolute atomic E-state index is 0.876. The number of benzene rings is 11. The number of hydrogen-bond acceptors (Lipinski definition) is 2. The highest BCUT2D eigenvalue weighted by molar-refractivity contribution is 6.17. The summed E-state index contributed by atoms with van der Waals surface area (Å²) in [7, 11) is 0. The summed E-state index contributed by atoms with van der Waals surface area (Å²) in [5, 5.41) is 9.60. The normalized spacial score (nSPS) is 11.5. The van der Waals surface area contributed by atoms with Crippen molar-refractivity contribution in [3.05, 3.63) is 237 Å². The van der Waals surface area contributed by atoms with Crippen LogP contribution in [0.3, 0.4) is 0 Å². The van der Waals surface area contributed by atoms with Crippen LogP contribution in [0.4, 0.5) is 17.1 Å². The summed E-state index contributed by atoms with van der Waals surface area (Å²) >= 11 is 0. The highest BCUT2D eigenvalue weighted by Gasteiger charge is 2.24. The second-order valence-electron chi connectivity index (χ2n) is 16.0. The molecule has 2 heteroatoms. The number of anilines is 3. The molecule has 0 atom stereocenters. The summed E-state index contributed by atoms with van der Waals surface area (Å²) in [6, 6.07) is 85.7. The molecule has 2 nitrogen and oxygen atoms in total. The van der Waals surface area contributed by atoms with E-state index in [-0.39, 0.29) is 0 Å². The Morgan fingerprint density at radius 2 is 0.823 bits per heavy atom. The molecule has 0 amide bonds. The van der Waals surface area contributed by atoms with E-state index in [4.69, 9.17) is 4.42 Å². The number of furan rings is 1. The standard InChI is InChI=1S/C60H39NO/c1-2-14-40(15-3-1)41-28-33-46(34-29-41)61(47-35-30-43(31-36-47)49-24-12-18-42-16-4-6-19-48(42)49)57-26-13-25-51(45-32-37-55-54-23-10-11-27-58(54)62-59(55)39-45)60(57)56-38-44-17-5-7-20-50(44)52-21-8-9-22-53(52)56/h1-39H. The van der Waals surface area contributed by atoms with Gasteiger partial charge in [0.05, 0.1) is 5.69 Å². The number of fused-ring (bicyclic) bond motifs is 7. The first kappa shape index (κ1) is 35.7. The molecule has 0 bridgehead atoms. The van der Waals surface area contributed by atoms with Crippen LogP contribution in [-0.2, 0) is 0 Å². The van der Waals surface area contributed by atoms with Crippen LogP contribution in [0.1, 0.15) is 0 Å². The Balaban J connectivity index is 1.12. The van der Waals surface area contributed by atoms with E-state index in [1.165, 1.54) is 60.1 Å². The van der Waals surface area contributed by atoms with Gasteiger partial charge in [-0.25, -0.2) is 0 Å². The van der Waals surface area contributed by atoms with Crippen LogP contribution in [0.2, 0.25) is 0 Å². The van der Waals surface area contributed by atoms with Crippen LogP contribution in [0.25, 0.3) is 98.8 Å². The van der Waals surface area contributed by atoms with E-state index in [0.717, 1.165) is 55.7 Å². The fourth-order valence-electron chi connectivity index (χ4n) is 9.53. The van der Waals surface area contributed by atoms with Crippen LogP contribution in [0, 0.1) is 0 Å². The van der Waals surface area contributed by atoms with E-state index in [1.54, 1.807) is 0 Å². The Morgan fingerprint density at radius 1 is 0.274 bits per heavy atom. The number of hydrogen-bond donors (Lipinski definition) is 0. The Bertz CT molecular complexity index is 3610. The van der Waals surface area contributed by atoms with Crippen LogP contribution in [-0.4, -0.2) is 0 Å². The summed E-state index contributed by atoms with van der Waals surface area (Å²) in [5.41, 5.74) is 14.3. The number of rotatable bonds is 7. The van der Waals surface area contributed by atoms with Gasteiger partial charge in [-0.3, -0.25) is 0 Å². The first-order chi connectivity index (χ1) is 30.7. The van der Waals surface area contributed by atoms with Gasteiger partial charge >= 0.3 is 0 Å². The van der Waals surface area contributed by atoms with Gasteiger partial charge in [0.15, 0.2) is 0 Å². The topological polar surface area (TPSA) is 16.4 Å². The van der Waals surface area contributed by atoms with Crippen molar-refractivity contribution in [2.75, 3.05) is 4.90 Å². The van der Waals surface area contributed by atoms with Crippen LogP contribution in [0.15, 0.2) is 241 Å². The van der Waals surface area contributed by atoms with E-state index in [9.17, 15) is 0 Å². The zero-order valence-electron chi connectivity index (χ0n) is 33.9. The zero-order valence-corrected chi connectivity index (χ0v) is 33.9. The van der Waals surface area contributed by atoms with Crippen molar-refractivity contribution >= 4 is 71.3 Å². The average molecular weight is 790 g/mol. The van der Waals surface area contributed by atoms with Gasteiger partial charge in [-0.2, -0.15) is 0 Å². The molecule has 0 fully saturated rings. The molecule has 62 heavy (non-hydrogen) atoms. The van der Waals surface area contributed by atoms with Crippen molar-refractivity contribution in [3.63, 3.8) is 0 Å². The largest absolute Gasteiger partial charge is 0.456 e. The molecule has 0 unspecified atom stereocenters. The molecule has 290 valence electrons. The Kier molecular flexibility index (Phi) is 8.53. The monoisotopic (exact) mass is 789 g/mol. The molecule has 12 aromatic rings. The zero-order chi connectivity index (χ0) is 41.0. The predicted octanol–water partition coefficient (Wildman–Crippen LogP) is 17.2. The molecule has 0 N–H and O–H groups in total. The maximum Gasteiger partial charge on any atom is 0.136 e. The van der Waals surface area contributed by atoms with Crippen LogP contribution >= 0.6 is 0 Å². The maximum absolute atomic E-state index is 6.52. The second kappa shape index (κ2) is 14.8. The quantitative estimate of drug-likeness (QED) is 0.150. The molecule has 0 saturated carbocycles. The summed E-state index contributed by atoms with van der Waals surface area (Å²) < 4.78 is 6.52. The lowest BCUT2D eigenvalue weighted by Crippen LogP contribution is -2.12. The molecular formula is C60H39NO. The van der Waals surface area contributed by atoms with Gasteiger partial charge in [0.2, 0.25) is 0 Å². The molecule has 0 aliphatic heterocycles. The fraction of sp³-hybridized carbons (Fsp3) is 0. The molecule has 1 heterocycles. The molecule has 0 saturated heterocycles. The molecular weight excluding hydrogens is 751 g/mol. The van der Waals surface area contributed by atoms with Gasteiger partial charge in [-0.1, -0.05) is 182 Å². The molecule has 12 rings (SSSR count). The van der Waals surface area contributed by atoms with Crippen molar-refractivity contribution in [2.45, 2.75) is 0 Å². The summed E-state index contributed by atoms with van der Waals surface area (Å²) in [5.74, 6) is 0.